The fourth-order valence-electron chi connectivity index (χ4n) is 1.41. The molecule has 0 unspecified atom stereocenters. The highest BCUT2D eigenvalue weighted by atomic mass is 16.5. The van der Waals surface area contributed by atoms with E-state index < -0.39 is 12.1 Å². The Kier molecular flexibility index (Phi) is 6.31. The van der Waals surface area contributed by atoms with Crippen molar-refractivity contribution < 1.29 is 29.3 Å². The van der Waals surface area contributed by atoms with E-state index >= 15 is 0 Å². The Hall–Kier alpha value is -2.28. The SMILES string of the molecule is CCOCCCOC(=O)Nc1ccc(O)c(C(=O)O)c1. The average Bonchev–Trinajstić information content (AvgIpc) is 2.40. The minimum atomic E-state index is -1.28. The van der Waals surface area contributed by atoms with Gasteiger partial charge in [0.25, 0.3) is 0 Å². The molecule has 20 heavy (non-hydrogen) atoms. The summed E-state index contributed by atoms with van der Waals surface area (Å²) in [5.74, 6) is -1.65. The van der Waals surface area contributed by atoms with E-state index in [0.29, 0.717) is 19.6 Å². The Bertz CT molecular complexity index is 474. The Morgan fingerprint density at radius 1 is 1.30 bits per heavy atom. The summed E-state index contributed by atoms with van der Waals surface area (Å²) in [5, 5.41) is 20.5. The second-order valence-corrected chi connectivity index (χ2v) is 3.85. The van der Waals surface area contributed by atoms with Crippen molar-refractivity contribution >= 4 is 17.7 Å². The van der Waals surface area contributed by atoms with Crippen LogP contribution in [0.25, 0.3) is 0 Å². The maximum atomic E-state index is 11.4. The summed E-state index contributed by atoms with van der Waals surface area (Å²) in [6.07, 6.45) is -0.111. The average molecular weight is 283 g/mol. The first-order valence-corrected chi connectivity index (χ1v) is 6.12. The van der Waals surface area contributed by atoms with E-state index in [2.05, 4.69) is 5.32 Å². The molecule has 1 rings (SSSR count). The molecular weight excluding hydrogens is 266 g/mol. The number of carboxylic acid groups (broad SMARTS) is 1. The summed E-state index contributed by atoms with van der Waals surface area (Å²) in [7, 11) is 0. The number of nitrogens with one attached hydrogen (secondary N) is 1. The summed E-state index contributed by atoms with van der Waals surface area (Å²) in [6, 6.07) is 3.72. The molecular formula is C13H17NO6. The summed E-state index contributed by atoms with van der Waals surface area (Å²) < 4.78 is 9.97. The molecule has 110 valence electrons. The van der Waals surface area contributed by atoms with E-state index in [1.807, 2.05) is 6.92 Å². The predicted octanol–water partition coefficient (Wildman–Crippen LogP) is 2.07. The lowest BCUT2D eigenvalue weighted by Crippen LogP contribution is -2.15. The van der Waals surface area contributed by atoms with Crippen LogP contribution in [0.15, 0.2) is 18.2 Å². The number of hydrogen-bond acceptors (Lipinski definition) is 5. The number of carboxylic acids is 1. The number of phenols is 1. The number of aromatic carboxylic acids is 1. The van der Waals surface area contributed by atoms with Gasteiger partial charge in [0.05, 0.1) is 6.61 Å². The normalized spacial score (nSPS) is 10.1. The molecule has 0 heterocycles. The van der Waals surface area contributed by atoms with Crippen molar-refractivity contribution in [2.45, 2.75) is 13.3 Å². The van der Waals surface area contributed by atoms with E-state index in [4.69, 9.17) is 14.6 Å². The van der Waals surface area contributed by atoms with Crippen molar-refractivity contribution in [2.24, 2.45) is 0 Å². The van der Waals surface area contributed by atoms with Crippen LogP contribution in [0.1, 0.15) is 23.7 Å². The number of carbonyl (C=O) groups excluding carboxylic acids is 1. The van der Waals surface area contributed by atoms with Crippen molar-refractivity contribution in [3.8, 4) is 5.75 Å². The monoisotopic (exact) mass is 283 g/mol. The first-order valence-electron chi connectivity index (χ1n) is 6.12. The second kappa shape index (κ2) is 8.00. The van der Waals surface area contributed by atoms with Crippen LogP contribution >= 0.6 is 0 Å². The van der Waals surface area contributed by atoms with Crippen LogP contribution in [0, 0.1) is 0 Å². The lowest BCUT2D eigenvalue weighted by molar-refractivity contribution is 0.0693. The lowest BCUT2D eigenvalue weighted by atomic mass is 10.2. The van der Waals surface area contributed by atoms with Gasteiger partial charge in [0.1, 0.15) is 11.3 Å². The summed E-state index contributed by atoms with van der Waals surface area (Å²) in [4.78, 5) is 22.2. The molecule has 0 bridgehead atoms. The third-order valence-electron chi connectivity index (χ3n) is 2.34. The van der Waals surface area contributed by atoms with Crippen molar-refractivity contribution in [3.63, 3.8) is 0 Å². The molecule has 0 aromatic heterocycles. The van der Waals surface area contributed by atoms with E-state index in [0.717, 1.165) is 6.07 Å². The number of ether oxygens (including phenoxy) is 2. The summed E-state index contributed by atoms with van der Waals surface area (Å²) in [5.41, 5.74) is -0.0610. The number of rotatable bonds is 7. The van der Waals surface area contributed by atoms with E-state index in [-0.39, 0.29) is 23.6 Å². The molecule has 0 saturated carbocycles. The zero-order chi connectivity index (χ0) is 15.0. The largest absolute Gasteiger partial charge is 0.507 e. The molecule has 0 aliphatic heterocycles. The molecule has 1 aromatic rings. The zero-order valence-corrected chi connectivity index (χ0v) is 11.1. The van der Waals surface area contributed by atoms with Crippen LogP contribution in [-0.4, -0.2) is 42.1 Å². The zero-order valence-electron chi connectivity index (χ0n) is 11.1. The second-order valence-electron chi connectivity index (χ2n) is 3.85. The van der Waals surface area contributed by atoms with Crippen molar-refractivity contribution in [3.05, 3.63) is 23.8 Å². The van der Waals surface area contributed by atoms with Gasteiger partial charge in [-0.15, -0.1) is 0 Å². The Labute approximate surface area is 116 Å². The Balaban J connectivity index is 2.46. The Morgan fingerprint density at radius 2 is 2.05 bits per heavy atom. The van der Waals surface area contributed by atoms with Crippen LogP contribution in [0.5, 0.6) is 5.75 Å². The number of carbonyl (C=O) groups is 2. The van der Waals surface area contributed by atoms with Gasteiger partial charge in [-0.05, 0) is 25.1 Å². The first kappa shape index (κ1) is 15.8. The molecule has 0 aliphatic rings. The quantitative estimate of drug-likeness (QED) is 0.522. The molecule has 0 aliphatic carbocycles. The minimum absolute atomic E-state index is 0.204. The standard InChI is InChI=1S/C13H17NO6/c1-2-19-6-3-7-20-13(18)14-9-4-5-11(15)10(8-9)12(16)17/h4-5,8,15H,2-3,6-7H2,1H3,(H,14,18)(H,16,17). The molecule has 0 saturated heterocycles. The van der Waals surface area contributed by atoms with E-state index in [1.54, 1.807) is 0 Å². The van der Waals surface area contributed by atoms with Crippen LogP contribution in [-0.2, 0) is 9.47 Å². The van der Waals surface area contributed by atoms with Crippen LogP contribution in [0.4, 0.5) is 10.5 Å². The number of amides is 1. The van der Waals surface area contributed by atoms with Gasteiger partial charge in [-0.1, -0.05) is 0 Å². The van der Waals surface area contributed by atoms with E-state index in [9.17, 15) is 14.7 Å². The van der Waals surface area contributed by atoms with Crippen molar-refractivity contribution in [1.82, 2.24) is 0 Å². The number of anilines is 1. The molecule has 3 N–H and O–H groups in total. The number of benzene rings is 1. The minimum Gasteiger partial charge on any atom is -0.507 e. The molecule has 0 fully saturated rings. The highest BCUT2D eigenvalue weighted by molar-refractivity contribution is 5.93. The molecule has 0 atom stereocenters. The van der Waals surface area contributed by atoms with Gasteiger partial charge in [0.2, 0.25) is 0 Å². The molecule has 7 nitrogen and oxygen atoms in total. The fraction of sp³-hybridized carbons (Fsp3) is 0.385. The van der Waals surface area contributed by atoms with Gasteiger partial charge in [-0.25, -0.2) is 9.59 Å². The van der Waals surface area contributed by atoms with Crippen LogP contribution in [0.2, 0.25) is 0 Å². The van der Waals surface area contributed by atoms with Gasteiger partial charge in [0, 0.05) is 25.3 Å². The number of aromatic hydroxyl groups is 1. The van der Waals surface area contributed by atoms with Gasteiger partial charge < -0.3 is 19.7 Å². The van der Waals surface area contributed by atoms with Gasteiger partial charge >= 0.3 is 12.1 Å². The maximum absolute atomic E-state index is 11.4. The van der Waals surface area contributed by atoms with Crippen molar-refractivity contribution in [1.29, 1.82) is 0 Å². The molecule has 7 heteroatoms. The van der Waals surface area contributed by atoms with Crippen LogP contribution < -0.4 is 5.32 Å². The van der Waals surface area contributed by atoms with Gasteiger partial charge in [-0.3, -0.25) is 5.32 Å². The highest BCUT2D eigenvalue weighted by Gasteiger charge is 2.11. The highest BCUT2D eigenvalue weighted by Crippen LogP contribution is 2.21. The Morgan fingerprint density at radius 3 is 2.70 bits per heavy atom. The first-order chi connectivity index (χ1) is 9.54. The van der Waals surface area contributed by atoms with Crippen LogP contribution in [0.3, 0.4) is 0 Å². The van der Waals surface area contributed by atoms with Gasteiger partial charge in [0.15, 0.2) is 0 Å². The van der Waals surface area contributed by atoms with Gasteiger partial charge in [-0.2, -0.15) is 0 Å². The van der Waals surface area contributed by atoms with Crippen molar-refractivity contribution in [2.75, 3.05) is 25.1 Å². The molecule has 0 radical (unpaired) electrons. The predicted molar refractivity (Wildman–Crippen MR) is 71.1 cm³/mol. The molecule has 1 aromatic carbocycles. The maximum Gasteiger partial charge on any atom is 0.411 e. The lowest BCUT2D eigenvalue weighted by Gasteiger charge is -2.08. The topological polar surface area (TPSA) is 105 Å². The smallest absolute Gasteiger partial charge is 0.411 e. The summed E-state index contributed by atoms with van der Waals surface area (Å²) >= 11 is 0. The third-order valence-corrected chi connectivity index (χ3v) is 2.34. The third kappa shape index (κ3) is 5.15. The molecule has 1 amide bonds. The fourth-order valence-corrected chi connectivity index (χ4v) is 1.41. The molecule has 0 spiro atoms. The summed E-state index contributed by atoms with van der Waals surface area (Å²) in [6.45, 7) is 3.19. The van der Waals surface area contributed by atoms with E-state index in [1.165, 1.54) is 12.1 Å². The number of hydrogen-bond donors (Lipinski definition) is 3.